The number of carbonyl (C=O) groups is 2. The summed E-state index contributed by atoms with van der Waals surface area (Å²) < 4.78 is 55.0. The van der Waals surface area contributed by atoms with Crippen LogP contribution in [0.15, 0.2) is 65.1 Å². The first-order chi connectivity index (χ1) is 16.8. The zero-order valence-corrected chi connectivity index (χ0v) is 19.3. The number of ketones is 1. The molecule has 1 amide bonds. The molecule has 5 rings (SSSR count). The number of hydrogen-bond donors (Lipinski definition) is 2. The molecule has 0 unspecified atom stereocenters. The lowest BCUT2D eigenvalue weighted by molar-refractivity contribution is -0.137. The van der Waals surface area contributed by atoms with Gasteiger partial charge in [-0.05, 0) is 48.2 Å². The van der Waals surface area contributed by atoms with Crippen LogP contribution in [0.2, 0.25) is 0 Å². The molecule has 36 heavy (non-hydrogen) atoms. The van der Waals surface area contributed by atoms with Crippen LogP contribution in [-0.2, 0) is 21.2 Å². The number of alkyl halides is 3. The summed E-state index contributed by atoms with van der Waals surface area (Å²) in [6.07, 6.45) is -4.46. The number of hydrogen-bond acceptors (Lipinski definition) is 5. The smallest absolute Gasteiger partial charge is 0.384 e. The highest BCUT2D eigenvalue weighted by Crippen LogP contribution is 2.57. The molecule has 0 radical (unpaired) electrons. The van der Waals surface area contributed by atoms with Gasteiger partial charge >= 0.3 is 6.18 Å². The van der Waals surface area contributed by atoms with Crippen LogP contribution in [0, 0.1) is 22.6 Å². The fourth-order valence-electron chi connectivity index (χ4n) is 5.51. The van der Waals surface area contributed by atoms with Crippen molar-refractivity contribution in [1.29, 1.82) is 5.26 Å². The van der Waals surface area contributed by atoms with E-state index >= 15 is 0 Å². The predicted octanol–water partition coefficient (Wildman–Crippen LogP) is 4.89. The van der Waals surface area contributed by atoms with Crippen molar-refractivity contribution in [3.8, 4) is 6.07 Å². The summed E-state index contributed by atoms with van der Waals surface area (Å²) in [5.74, 6) is -2.20. The molecule has 6 nitrogen and oxygen atoms in total. The van der Waals surface area contributed by atoms with E-state index in [0.717, 1.165) is 24.3 Å². The van der Waals surface area contributed by atoms with E-state index in [4.69, 9.17) is 5.73 Å². The van der Waals surface area contributed by atoms with E-state index in [1.54, 1.807) is 0 Å². The largest absolute Gasteiger partial charge is 0.416 e. The lowest BCUT2D eigenvalue weighted by atomic mass is 9.60. The molecule has 2 aromatic carbocycles. The van der Waals surface area contributed by atoms with E-state index < -0.39 is 40.1 Å². The number of nitrogens with one attached hydrogen (secondary N) is 1. The predicted molar refractivity (Wildman–Crippen MR) is 123 cm³/mol. The Bertz CT molecular complexity index is 1470. The van der Waals surface area contributed by atoms with E-state index in [2.05, 4.69) is 5.32 Å². The molecule has 3 aliphatic rings. The maximum atomic E-state index is 14.4. The first-order valence-corrected chi connectivity index (χ1v) is 11.1. The minimum Gasteiger partial charge on any atom is -0.384 e. The zero-order chi connectivity index (χ0) is 26.2. The van der Waals surface area contributed by atoms with Gasteiger partial charge < -0.3 is 11.1 Å². The number of nitriles is 1. The SMILES string of the molecule is CC1(C)CC(=O)C2=C(C1)N(c1cccc(C(F)(F)F)c1)C(N)=C(C#N)[C@@]21C(=O)Nc2ccc(F)cc21. The second kappa shape index (κ2) is 7.43. The maximum absolute atomic E-state index is 14.4. The number of nitrogens with two attached hydrogens (primary N) is 1. The molecule has 0 saturated carbocycles. The number of carbonyl (C=O) groups excluding carboxylic acids is 2. The van der Waals surface area contributed by atoms with E-state index in [1.165, 1.54) is 23.1 Å². The zero-order valence-electron chi connectivity index (χ0n) is 19.3. The molecular formula is C26H20F4N4O2. The Kier molecular flexibility index (Phi) is 4.87. The Morgan fingerprint density at radius 2 is 1.83 bits per heavy atom. The third-order valence-electron chi connectivity index (χ3n) is 6.89. The number of rotatable bonds is 1. The Labute approximate surface area is 203 Å². The number of halogens is 4. The van der Waals surface area contributed by atoms with Gasteiger partial charge in [-0.2, -0.15) is 18.4 Å². The third-order valence-corrected chi connectivity index (χ3v) is 6.89. The van der Waals surface area contributed by atoms with Gasteiger partial charge in [-0.3, -0.25) is 14.5 Å². The van der Waals surface area contributed by atoms with Crippen molar-refractivity contribution in [2.75, 3.05) is 10.2 Å². The number of amides is 1. The van der Waals surface area contributed by atoms with Crippen molar-refractivity contribution >= 4 is 23.1 Å². The topological polar surface area (TPSA) is 99.2 Å². The molecule has 0 saturated heterocycles. The minimum atomic E-state index is -4.65. The van der Waals surface area contributed by atoms with E-state index in [1.807, 2.05) is 19.9 Å². The van der Waals surface area contributed by atoms with Crippen molar-refractivity contribution in [2.24, 2.45) is 11.1 Å². The monoisotopic (exact) mass is 496 g/mol. The standard InChI is InChI=1S/C26H20F4N4O2/c1-24(2)10-19-21(20(35)11-24)25(16-9-14(27)6-7-18(16)33-23(25)36)17(12-31)22(32)34(19)15-5-3-4-13(8-15)26(28,29)30/h3-9H,10-11,32H2,1-2H3,(H,33,36)/t25-/m1/s1. The van der Waals surface area contributed by atoms with Crippen molar-refractivity contribution in [3.63, 3.8) is 0 Å². The molecule has 0 bridgehead atoms. The van der Waals surface area contributed by atoms with Gasteiger partial charge in [-0.25, -0.2) is 4.39 Å². The van der Waals surface area contributed by atoms with Crippen LogP contribution < -0.4 is 16.0 Å². The molecule has 10 heteroatoms. The van der Waals surface area contributed by atoms with Crippen LogP contribution in [0.1, 0.15) is 37.8 Å². The quantitative estimate of drug-likeness (QED) is 0.548. The van der Waals surface area contributed by atoms with Crippen LogP contribution in [0.4, 0.5) is 28.9 Å². The van der Waals surface area contributed by atoms with Crippen molar-refractivity contribution < 1.29 is 27.2 Å². The second-order valence-corrected chi connectivity index (χ2v) is 9.91. The van der Waals surface area contributed by atoms with Gasteiger partial charge in [0.1, 0.15) is 23.1 Å². The second-order valence-electron chi connectivity index (χ2n) is 9.91. The van der Waals surface area contributed by atoms with Crippen LogP contribution in [0.5, 0.6) is 0 Å². The Morgan fingerprint density at radius 1 is 1.11 bits per heavy atom. The van der Waals surface area contributed by atoms with Crippen LogP contribution in [0.3, 0.4) is 0 Å². The molecule has 1 atom stereocenters. The fraction of sp³-hybridized carbons (Fsp3) is 0.269. The minimum absolute atomic E-state index is 0.0132. The summed E-state index contributed by atoms with van der Waals surface area (Å²) in [4.78, 5) is 28.6. The van der Waals surface area contributed by atoms with E-state index in [9.17, 15) is 32.4 Å². The van der Waals surface area contributed by atoms with E-state index in [-0.39, 0.29) is 52.4 Å². The number of nitrogens with zero attached hydrogens (tertiary/aromatic N) is 2. The summed E-state index contributed by atoms with van der Waals surface area (Å²) in [6.45, 7) is 3.63. The molecular weight excluding hydrogens is 476 g/mol. The highest BCUT2D eigenvalue weighted by molar-refractivity contribution is 6.20. The third kappa shape index (κ3) is 3.15. The van der Waals surface area contributed by atoms with Gasteiger partial charge in [0.05, 0.1) is 11.1 Å². The van der Waals surface area contributed by atoms with Crippen molar-refractivity contribution in [1.82, 2.24) is 0 Å². The maximum Gasteiger partial charge on any atom is 0.416 e. The number of anilines is 2. The van der Waals surface area contributed by atoms with Gasteiger partial charge in [-0.1, -0.05) is 19.9 Å². The molecule has 184 valence electrons. The Morgan fingerprint density at radius 3 is 2.50 bits per heavy atom. The number of Topliss-reactive ketones (excluding diaryl/α,β-unsaturated/α-hetero) is 1. The van der Waals surface area contributed by atoms with Crippen LogP contribution >= 0.6 is 0 Å². The molecule has 1 spiro atoms. The molecule has 1 aliphatic carbocycles. The van der Waals surface area contributed by atoms with Crippen molar-refractivity contribution in [2.45, 2.75) is 38.3 Å². The highest BCUT2D eigenvalue weighted by Gasteiger charge is 2.61. The molecule has 2 aromatic rings. The van der Waals surface area contributed by atoms with Gasteiger partial charge in [0.25, 0.3) is 0 Å². The number of fused-ring (bicyclic) bond motifs is 3. The van der Waals surface area contributed by atoms with Crippen molar-refractivity contribution in [3.05, 3.63) is 82.1 Å². The molecule has 2 aliphatic heterocycles. The summed E-state index contributed by atoms with van der Waals surface area (Å²) in [5, 5.41) is 12.9. The molecule has 3 N–H and O–H groups in total. The average molecular weight is 496 g/mol. The highest BCUT2D eigenvalue weighted by atomic mass is 19.4. The summed E-state index contributed by atoms with van der Waals surface area (Å²) in [6, 6.07) is 9.82. The van der Waals surface area contributed by atoms with Gasteiger partial charge in [0, 0.05) is 34.6 Å². The fourth-order valence-corrected chi connectivity index (χ4v) is 5.51. The Hall–Kier alpha value is -4.13. The molecule has 0 fully saturated rings. The number of allylic oxidation sites excluding steroid dienone is 1. The average Bonchev–Trinajstić information content (AvgIpc) is 3.04. The van der Waals surface area contributed by atoms with Gasteiger partial charge in [0.2, 0.25) is 5.91 Å². The van der Waals surface area contributed by atoms with E-state index in [0.29, 0.717) is 0 Å². The lowest BCUT2D eigenvalue weighted by Crippen LogP contribution is -2.52. The normalized spacial score (nSPS) is 23.0. The lowest BCUT2D eigenvalue weighted by Gasteiger charge is -2.46. The van der Waals surface area contributed by atoms with Crippen LogP contribution in [0.25, 0.3) is 0 Å². The summed E-state index contributed by atoms with van der Waals surface area (Å²) in [5.41, 5.74) is 2.93. The van der Waals surface area contributed by atoms with Crippen LogP contribution in [-0.4, -0.2) is 11.7 Å². The molecule has 0 aromatic heterocycles. The summed E-state index contributed by atoms with van der Waals surface area (Å²) >= 11 is 0. The molecule has 2 heterocycles. The van der Waals surface area contributed by atoms with Gasteiger partial charge in [-0.15, -0.1) is 0 Å². The van der Waals surface area contributed by atoms with Gasteiger partial charge in [0.15, 0.2) is 5.78 Å². The Balaban J connectivity index is 1.88. The first kappa shape index (κ1) is 23.6. The number of benzene rings is 2. The first-order valence-electron chi connectivity index (χ1n) is 11.1. The summed E-state index contributed by atoms with van der Waals surface area (Å²) in [7, 11) is 0.